The summed E-state index contributed by atoms with van der Waals surface area (Å²) in [5, 5.41) is 5.09. The van der Waals surface area contributed by atoms with Gasteiger partial charge in [-0.15, -0.1) is 11.3 Å². The molecular weight excluding hydrogens is 366 g/mol. The number of hydrogen-bond acceptors (Lipinski definition) is 4. The number of anilines is 1. The van der Waals surface area contributed by atoms with E-state index in [4.69, 9.17) is 15.2 Å². The molecular formula is C15H16BrN3O2S. The fraction of sp³-hybridized carbons (Fsp3) is 0.267. The predicted octanol–water partition coefficient (Wildman–Crippen LogP) is 3.60. The van der Waals surface area contributed by atoms with Crippen molar-refractivity contribution in [3.63, 3.8) is 0 Å². The Hall–Kier alpha value is -1.73. The molecule has 0 spiro atoms. The van der Waals surface area contributed by atoms with Crippen LogP contribution in [0.4, 0.5) is 5.69 Å². The Bertz CT molecular complexity index is 687. The Balaban J connectivity index is 1.67. The molecule has 3 rings (SSSR count). The van der Waals surface area contributed by atoms with E-state index < -0.39 is 0 Å². The maximum absolute atomic E-state index is 5.94. The minimum absolute atomic E-state index is 0.370. The first kappa shape index (κ1) is 15.2. The van der Waals surface area contributed by atoms with Gasteiger partial charge in [0, 0.05) is 27.5 Å². The van der Waals surface area contributed by atoms with Crippen molar-refractivity contribution in [2.45, 2.75) is 13.0 Å². The van der Waals surface area contributed by atoms with E-state index in [-0.39, 0.29) is 0 Å². The van der Waals surface area contributed by atoms with Gasteiger partial charge in [0.05, 0.1) is 19.8 Å². The molecule has 116 valence electrons. The van der Waals surface area contributed by atoms with Crippen LogP contribution in [-0.4, -0.2) is 19.2 Å². The third-order valence-corrected chi connectivity index (χ3v) is 5.02. The van der Waals surface area contributed by atoms with Crippen LogP contribution in [0.25, 0.3) is 0 Å². The third kappa shape index (κ3) is 3.72. The van der Waals surface area contributed by atoms with Gasteiger partial charge >= 0.3 is 0 Å². The molecule has 0 unspecified atom stereocenters. The molecule has 5 nitrogen and oxygen atoms in total. The molecule has 1 aromatic heterocycles. The number of ether oxygens (including phenoxy) is 2. The number of benzene rings is 1. The monoisotopic (exact) mass is 381 g/mol. The number of fused-ring (bicyclic) bond motifs is 1. The molecule has 2 heterocycles. The summed E-state index contributed by atoms with van der Waals surface area (Å²) in [6.07, 6.45) is 0.886. The molecule has 0 bridgehead atoms. The second-order valence-corrected chi connectivity index (χ2v) is 6.59. The zero-order chi connectivity index (χ0) is 15.4. The van der Waals surface area contributed by atoms with Gasteiger partial charge in [0.1, 0.15) is 0 Å². The molecule has 2 aromatic rings. The van der Waals surface area contributed by atoms with Crippen LogP contribution in [0.1, 0.15) is 11.3 Å². The van der Waals surface area contributed by atoms with Crippen LogP contribution >= 0.6 is 27.3 Å². The van der Waals surface area contributed by atoms with Gasteiger partial charge in [-0.1, -0.05) is 0 Å². The lowest BCUT2D eigenvalue weighted by atomic mass is 10.3. The van der Waals surface area contributed by atoms with Crippen LogP contribution in [0.15, 0.2) is 39.1 Å². The number of rotatable bonds is 3. The molecule has 1 aromatic carbocycles. The quantitative estimate of drug-likeness (QED) is 0.629. The zero-order valence-electron chi connectivity index (χ0n) is 11.8. The van der Waals surface area contributed by atoms with Gasteiger partial charge in [0.15, 0.2) is 17.5 Å². The van der Waals surface area contributed by atoms with Crippen LogP contribution in [0.2, 0.25) is 0 Å². The van der Waals surface area contributed by atoms with E-state index in [0.29, 0.717) is 25.7 Å². The first-order chi connectivity index (χ1) is 10.7. The highest BCUT2D eigenvalue weighted by Gasteiger charge is 2.10. The number of nitrogens with two attached hydrogens (primary N) is 1. The summed E-state index contributed by atoms with van der Waals surface area (Å²) in [5.74, 6) is 1.87. The van der Waals surface area contributed by atoms with Crippen LogP contribution < -0.4 is 20.5 Å². The Morgan fingerprint density at radius 3 is 2.86 bits per heavy atom. The number of halogens is 1. The topological polar surface area (TPSA) is 68.9 Å². The fourth-order valence-corrected chi connectivity index (χ4v) is 3.42. The summed E-state index contributed by atoms with van der Waals surface area (Å²) in [7, 11) is 0. The van der Waals surface area contributed by atoms with Crippen molar-refractivity contribution in [3.8, 4) is 11.5 Å². The van der Waals surface area contributed by atoms with Crippen LogP contribution in [0.5, 0.6) is 11.5 Å². The molecule has 1 aliphatic heterocycles. The number of nitrogens with zero attached hydrogens (tertiary/aromatic N) is 1. The highest BCUT2D eigenvalue weighted by atomic mass is 79.9. The minimum atomic E-state index is 0.370. The molecule has 3 N–H and O–H groups in total. The maximum Gasteiger partial charge on any atom is 0.193 e. The minimum Gasteiger partial charge on any atom is -0.490 e. The van der Waals surface area contributed by atoms with E-state index in [1.54, 1.807) is 11.3 Å². The summed E-state index contributed by atoms with van der Waals surface area (Å²) in [6, 6.07) is 7.66. The predicted molar refractivity (Wildman–Crippen MR) is 93.0 cm³/mol. The number of aliphatic imine (C=N–C) groups is 1. The van der Waals surface area contributed by atoms with Gasteiger partial charge in [-0.3, -0.25) is 0 Å². The van der Waals surface area contributed by atoms with E-state index >= 15 is 0 Å². The van der Waals surface area contributed by atoms with Crippen molar-refractivity contribution in [1.29, 1.82) is 0 Å². The average Bonchev–Trinajstić information content (AvgIpc) is 2.78. The molecule has 1 aliphatic rings. The van der Waals surface area contributed by atoms with Gasteiger partial charge in [0.2, 0.25) is 0 Å². The summed E-state index contributed by atoms with van der Waals surface area (Å²) < 4.78 is 12.3. The lowest BCUT2D eigenvalue weighted by Crippen LogP contribution is -2.22. The van der Waals surface area contributed by atoms with Crippen molar-refractivity contribution >= 4 is 38.9 Å². The first-order valence-electron chi connectivity index (χ1n) is 6.91. The first-order valence-corrected chi connectivity index (χ1v) is 8.58. The lowest BCUT2D eigenvalue weighted by molar-refractivity contribution is 0.297. The largest absolute Gasteiger partial charge is 0.490 e. The highest BCUT2D eigenvalue weighted by molar-refractivity contribution is 9.10. The highest BCUT2D eigenvalue weighted by Crippen LogP contribution is 2.32. The maximum atomic E-state index is 5.94. The van der Waals surface area contributed by atoms with Gasteiger partial charge in [-0.05, 0) is 39.5 Å². The summed E-state index contributed by atoms with van der Waals surface area (Å²) in [6.45, 7) is 1.88. The Kier molecular flexibility index (Phi) is 4.84. The van der Waals surface area contributed by atoms with Gasteiger partial charge in [-0.25, -0.2) is 4.99 Å². The van der Waals surface area contributed by atoms with Crippen molar-refractivity contribution in [1.82, 2.24) is 0 Å². The molecule has 0 amide bonds. The number of hydrogen-bond donors (Lipinski definition) is 2. The van der Waals surface area contributed by atoms with E-state index in [1.165, 1.54) is 0 Å². The van der Waals surface area contributed by atoms with E-state index in [9.17, 15) is 0 Å². The van der Waals surface area contributed by atoms with Crippen molar-refractivity contribution in [3.05, 3.63) is 39.0 Å². The molecule has 0 saturated heterocycles. The molecule has 22 heavy (non-hydrogen) atoms. The second-order valence-electron chi connectivity index (χ2n) is 4.73. The van der Waals surface area contributed by atoms with E-state index in [2.05, 4.69) is 26.2 Å². The molecule has 0 atom stereocenters. The summed E-state index contributed by atoms with van der Waals surface area (Å²) in [5.41, 5.74) is 6.76. The number of guanidine groups is 1. The SMILES string of the molecule is NC(=NCc1sccc1Br)Nc1ccc2c(c1)OCCCO2. The van der Waals surface area contributed by atoms with Gasteiger partial charge in [0.25, 0.3) is 0 Å². The number of thiophene rings is 1. The normalized spacial score (nSPS) is 14.5. The van der Waals surface area contributed by atoms with E-state index in [1.807, 2.05) is 29.6 Å². The molecule has 0 radical (unpaired) electrons. The molecule has 0 saturated carbocycles. The van der Waals surface area contributed by atoms with Crippen molar-refractivity contribution in [2.24, 2.45) is 10.7 Å². The van der Waals surface area contributed by atoms with Crippen LogP contribution in [0, 0.1) is 0 Å². The van der Waals surface area contributed by atoms with Crippen molar-refractivity contribution < 1.29 is 9.47 Å². The van der Waals surface area contributed by atoms with Gasteiger partial charge < -0.3 is 20.5 Å². The molecule has 7 heteroatoms. The Morgan fingerprint density at radius 1 is 1.27 bits per heavy atom. The third-order valence-electron chi connectivity index (χ3n) is 3.10. The fourth-order valence-electron chi connectivity index (χ4n) is 2.02. The molecule has 0 fully saturated rings. The zero-order valence-corrected chi connectivity index (χ0v) is 14.2. The Morgan fingerprint density at radius 2 is 2.09 bits per heavy atom. The smallest absolute Gasteiger partial charge is 0.193 e. The molecule has 0 aliphatic carbocycles. The van der Waals surface area contributed by atoms with E-state index in [0.717, 1.165) is 33.0 Å². The average molecular weight is 382 g/mol. The lowest BCUT2D eigenvalue weighted by Gasteiger charge is -2.10. The standard InChI is InChI=1S/C15H16BrN3O2S/c16-11-4-7-22-14(11)9-18-15(17)19-10-2-3-12-13(8-10)21-6-1-5-20-12/h2-4,7-8H,1,5-6,9H2,(H3,17,18,19). The number of nitrogens with one attached hydrogen (secondary N) is 1. The van der Waals surface area contributed by atoms with Gasteiger partial charge in [-0.2, -0.15) is 0 Å². The summed E-state index contributed by atoms with van der Waals surface area (Å²) in [4.78, 5) is 5.49. The Labute approximate surface area is 141 Å². The second kappa shape index (κ2) is 7.02. The van der Waals surface area contributed by atoms with Crippen LogP contribution in [0.3, 0.4) is 0 Å². The van der Waals surface area contributed by atoms with Crippen LogP contribution in [-0.2, 0) is 6.54 Å². The van der Waals surface area contributed by atoms with Crippen molar-refractivity contribution in [2.75, 3.05) is 18.5 Å². The summed E-state index contributed by atoms with van der Waals surface area (Å²) >= 11 is 5.13.